The summed E-state index contributed by atoms with van der Waals surface area (Å²) < 4.78 is 0. The van der Waals surface area contributed by atoms with Crippen LogP contribution in [-0.2, 0) is 6.54 Å². The highest BCUT2D eigenvalue weighted by Crippen LogP contribution is 2.13. The zero-order valence-electron chi connectivity index (χ0n) is 8.45. The standard InChI is InChI=1S/C10H17N3O/c1-8-3-4-10(14)9(13-8)7-12-6-2-5-11/h3-4,12,14H,2,5-7,11H2,1H3. The van der Waals surface area contributed by atoms with Crippen molar-refractivity contribution >= 4 is 0 Å². The largest absolute Gasteiger partial charge is 0.506 e. The van der Waals surface area contributed by atoms with Gasteiger partial charge in [-0.25, -0.2) is 0 Å². The normalized spacial score (nSPS) is 10.4. The number of nitrogens with zero attached hydrogens (tertiary/aromatic N) is 1. The van der Waals surface area contributed by atoms with Gasteiger partial charge in [0.05, 0.1) is 5.69 Å². The molecule has 78 valence electrons. The summed E-state index contributed by atoms with van der Waals surface area (Å²) in [7, 11) is 0. The van der Waals surface area contributed by atoms with Gasteiger partial charge in [0.15, 0.2) is 0 Å². The first-order valence-corrected chi connectivity index (χ1v) is 4.80. The van der Waals surface area contributed by atoms with Gasteiger partial charge in [0.2, 0.25) is 0 Å². The lowest BCUT2D eigenvalue weighted by atomic mass is 10.3. The van der Waals surface area contributed by atoms with Gasteiger partial charge in [0, 0.05) is 12.2 Å². The lowest BCUT2D eigenvalue weighted by molar-refractivity contribution is 0.459. The first-order chi connectivity index (χ1) is 6.74. The van der Waals surface area contributed by atoms with Crippen molar-refractivity contribution in [2.24, 2.45) is 5.73 Å². The summed E-state index contributed by atoms with van der Waals surface area (Å²) in [5.41, 5.74) is 6.97. The molecule has 0 aliphatic rings. The second-order valence-electron chi connectivity index (χ2n) is 3.24. The molecule has 0 aliphatic carbocycles. The van der Waals surface area contributed by atoms with Gasteiger partial charge in [-0.3, -0.25) is 4.98 Å². The predicted molar refractivity (Wildman–Crippen MR) is 56.0 cm³/mol. The fourth-order valence-corrected chi connectivity index (χ4v) is 1.17. The Hall–Kier alpha value is -1.13. The molecule has 1 rings (SSSR count). The molecule has 0 aliphatic heterocycles. The maximum Gasteiger partial charge on any atom is 0.138 e. The minimum atomic E-state index is 0.246. The molecule has 1 heterocycles. The fraction of sp³-hybridized carbons (Fsp3) is 0.500. The molecule has 1 aromatic heterocycles. The second-order valence-corrected chi connectivity index (χ2v) is 3.24. The van der Waals surface area contributed by atoms with Gasteiger partial charge in [-0.2, -0.15) is 0 Å². The van der Waals surface area contributed by atoms with E-state index in [0.717, 1.165) is 18.7 Å². The Labute approximate surface area is 84.2 Å². The molecular formula is C10H17N3O. The highest BCUT2D eigenvalue weighted by molar-refractivity contribution is 5.27. The molecule has 0 unspecified atom stereocenters. The Morgan fingerprint density at radius 1 is 1.50 bits per heavy atom. The predicted octanol–water partition coefficient (Wildman–Crippen LogP) is 0.534. The smallest absolute Gasteiger partial charge is 0.138 e. The molecule has 1 aromatic rings. The Kier molecular flexibility index (Phi) is 4.35. The summed E-state index contributed by atoms with van der Waals surface area (Å²) >= 11 is 0. The van der Waals surface area contributed by atoms with Gasteiger partial charge in [-0.15, -0.1) is 0 Å². The summed E-state index contributed by atoms with van der Waals surface area (Å²) in [5.74, 6) is 0.246. The van der Waals surface area contributed by atoms with Crippen molar-refractivity contribution < 1.29 is 5.11 Å². The molecule has 0 radical (unpaired) electrons. The average molecular weight is 195 g/mol. The van der Waals surface area contributed by atoms with Crippen molar-refractivity contribution in [1.29, 1.82) is 0 Å². The number of aromatic nitrogens is 1. The minimum absolute atomic E-state index is 0.246. The molecule has 4 N–H and O–H groups in total. The molecular weight excluding hydrogens is 178 g/mol. The van der Waals surface area contributed by atoms with Crippen LogP contribution in [0.25, 0.3) is 0 Å². The van der Waals surface area contributed by atoms with Gasteiger partial charge in [0.25, 0.3) is 0 Å². The van der Waals surface area contributed by atoms with Gasteiger partial charge < -0.3 is 16.2 Å². The Morgan fingerprint density at radius 3 is 3.00 bits per heavy atom. The van der Waals surface area contributed by atoms with E-state index in [1.54, 1.807) is 12.1 Å². The minimum Gasteiger partial charge on any atom is -0.506 e. The van der Waals surface area contributed by atoms with Crippen LogP contribution in [-0.4, -0.2) is 23.2 Å². The molecule has 4 nitrogen and oxygen atoms in total. The molecule has 0 atom stereocenters. The summed E-state index contributed by atoms with van der Waals surface area (Å²) in [6, 6.07) is 3.46. The SMILES string of the molecule is Cc1ccc(O)c(CNCCCN)n1. The number of hydrogen-bond acceptors (Lipinski definition) is 4. The zero-order valence-corrected chi connectivity index (χ0v) is 8.45. The quantitative estimate of drug-likeness (QED) is 0.599. The summed E-state index contributed by atoms with van der Waals surface area (Å²) in [5, 5.41) is 12.6. The molecule has 0 saturated heterocycles. The fourth-order valence-electron chi connectivity index (χ4n) is 1.17. The average Bonchev–Trinajstić information content (AvgIpc) is 2.18. The third-order valence-electron chi connectivity index (χ3n) is 1.94. The van der Waals surface area contributed by atoms with Gasteiger partial charge >= 0.3 is 0 Å². The highest BCUT2D eigenvalue weighted by atomic mass is 16.3. The van der Waals surface area contributed by atoms with Crippen LogP contribution in [0.15, 0.2) is 12.1 Å². The van der Waals surface area contributed by atoms with Crippen LogP contribution in [0.5, 0.6) is 5.75 Å². The number of aryl methyl sites for hydroxylation is 1. The van der Waals surface area contributed by atoms with Crippen LogP contribution >= 0.6 is 0 Å². The molecule has 0 saturated carbocycles. The number of pyridine rings is 1. The van der Waals surface area contributed by atoms with E-state index in [0.29, 0.717) is 18.8 Å². The Morgan fingerprint density at radius 2 is 2.29 bits per heavy atom. The van der Waals surface area contributed by atoms with E-state index in [1.165, 1.54) is 0 Å². The maximum absolute atomic E-state index is 9.46. The van der Waals surface area contributed by atoms with E-state index < -0.39 is 0 Å². The van der Waals surface area contributed by atoms with Crippen LogP contribution in [0.4, 0.5) is 0 Å². The molecule has 0 amide bonds. The number of aromatic hydroxyl groups is 1. The van der Waals surface area contributed by atoms with Crippen LogP contribution in [0.3, 0.4) is 0 Å². The lowest BCUT2D eigenvalue weighted by Crippen LogP contribution is -2.18. The van der Waals surface area contributed by atoms with E-state index in [9.17, 15) is 5.11 Å². The van der Waals surface area contributed by atoms with Crippen molar-refractivity contribution in [2.75, 3.05) is 13.1 Å². The summed E-state index contributed by atoms with van der Waals surface area (Å²) in [6.07, 6.45) is 0.937. The van der Waals surface area contributed by atoms with Gasteiger partial charge in [0.1, 0.15) is 5.75 Å². The highest BCUT2D eigenvalue weighted by Gasteiger charge is 2.01. The topological polar surface area (TPSA) is 71.2 Å². The van der Waals surface area contributed by atoms with Crippen LogP contribution < -0.4 is 11.1 Å². The third-order valence-corrected chi connectivity index (χ3v) is 1.94. The van der Waals surface area contributed by atoms with Crippen LogP contribution in [0.1, 0.15) is 17.8 Å². The van der Waals surface area contributed by atoms with E-state index in [2.05, 4.69) is 10.3 Å². The molecule has 0 fully saturated rings. The maximum atomic E-state index is 9.46. The molecule has 0 bridgehead atoms. The van der Waals surface area contributed by atoms with Gasteiger partial charge in [-0.1, -0.05) is 0 Å². The van der Waals surface area contributed by atoms with E-state index in [1.807, 2.05) is 6.92 Å². The van der Waals surface area contributed by atoms with Crippen molar-refractivity contribution in [3.8, 4) is 5.75 Å². The van der Waals surface area contributed by atoms with Crippen LogP contribution in [0.2, 0.25) is 0 Å². The molecule has 0 aromatic carbocycles. The van der Waals surface area contributed by atoms with Crippen molar-refractivity contribution in [2.45, 2.75) is 19.9 Å². The Bertz CT molecular complexity index is 289. The first-order valence-electron chi connectivity index (χ1n) is 4.80. The van der Waals surface area contributed by atoms with Crippen molar-refractivity contribution in [3.05, 3.63) is 23.5 Å². The summed E-state index contributed by atoms with van der Waals surface area (Å²) in [6.45, 7) is 4.03. The van der Waals surface area contributed by atoms with E-state index >= 15 is 0 Å². The van der Waals surface area contributed by atoms with E-state index in [-0.39, 0.29) is 5.75 Å². The summed E-state index contributed by atoms with van der Waals surface area (Å²) in [4.78, 5) is 4.23. The second kappa shape index (κ2) is 5.57. The zero-order chi connectivity index (χ0) is 10.4. The Balaban J connectivity index is 2.45. The van der Waals surface area contributed by atoms with Crippen LogP contribution in [0, 0.1) is 6.92 Å². The third kappa shape index (κ3) is 3.32. The molecule has 0 spiro atoms. The molecule has 14 heavy (non-hydrogen) atoms. The van der Waals surface area contributed by atoms with Gasteiger partial charge in [-0.05, 0) is 38.6 Å². The molecule has 4 heteroatoms. The van der Waals surface area contributed by atoms with Crippen molar-refractivity contribution in [1.82, 2.24) is 10.3 Å². The number of nitrogens with two attached hydrogens (primary N) is 1. The lowest BCUT2D eigenvalue weighted by Gasteiger charge is -2.06. The monoisotopic (exact) mass is 195 g/mol. The number of hydrogen-bond donors (Lipinski definition) is 3. The first kappa shape index (κ1) is 10.9. The number of nitrogens with one attached hydrogen (secondary N) is 1. The van der Waals surface area contributed by atoms with Crippen molar-refractivity contribution in [3.63, 3.8) is 0 Å². The number of rotatable bonds is 5. The van der Waals surface area contributed by atoms with E-state index in [4.69, 9.17) is 5.73 Å².